The van der Waals surface area contributed by atoms with Crippen molar-refractivity contribution < 1.29 is 17.1 Å². The Morgan fingerprint density at radius 3 is 1.84 bits per heavy atom. The van der Waals surface area contributed by atoms with Crippen molar-refractivity contribution in [2.45, 2.75) is 13.3 Å². The molecule has 6 nitrogen and oxygen atoms in total. The van der Waals surface area contributed by atoms with Crippen LogP contribution in [0.1, 0.15) is 13.3 Å². The summed E-state index contributed by atoms with van der Waals surface area (Å²) in [5.74, 6) is 0. The van der Waals surface area contributed by atoms with Crippen molar-refractivity contribution in [2.24, 2.45) is 20.4 Å². The van der Waals surface area contributed by atoms with Gasteiger partial charge in [-0.2, -0.15) is 20.4 Å². The van der Waals surface area contributed by atoms with Gasteiger partial charge in [0.1, 0.15) is 0 Å². The third-order valence-corrected chi connectivity index (χ3v) is 2.64. The summed E-state index contributed by atoms with van der Waals surface area (Å²) >= 11 is 9.95. The molecule has 0 atom stereocenters. The molecule has 111 valence electrons. The van der Waals surface area contributed by atoms with Gasteiger partial charge < -0.3 is 35.1 Å². The van der Waals surface area contributed by atoms with E-state index < -0.39 is 0 Å². The van der Waals surface area contributed by atoms with E-state index in [0.717, 1.165) is 0 Å². The molecular formula is C10H18CuN6S2. The predicted octanol–water partition coefficient (Wildman–Crippen LogP) is 0.665. The molecule has 0 saturated carbocycles. The summed E-state index contributed by atoms with van der Waals surface area (Å²) in [6.45, 7) is 1.95. The largest absolute Gasteiger partial charge is 2.00 e. The number of hydrogen-bond donors (Lipinski definition) is 0. The Morgan fingerprint density at radius 1 is 0.947 bits per heavy atom. The third-order valence-electron chi connectivity index (χ3n) is 1.74. The van der Waals surface area contributed by atoms with Crippen molar-refractivity contribution in [3.8, 4) is 0 Å². The summed E-state index contributed by atoms with van der Waals surface area (Å²) in [6, 6.07) is 0. The second-order valence-corrected chi connectivity index (χ2v) is 4.47. The zero-order valence-electron chi connectivity index (χ0n) is 11.6. The molecular weight excluding hydrogens is 332 g/mol. The molecule has 0 amide bonds. The number of nitrogens with zero attached hydrogens (tertiary/aromatic N) is 6. The van der Waals surface area contributed by atoms with Gasteiger partial charge in [0, 0.05) is 38.5 Å². The van der Waals surface area contributed by atoms with Gasteiger partial charge in [-0.05, 0) is 6.42 Å². The van der Waals surface area contributed by atoms with Gasteiger partial charge in [0.15, 0.2) is 0 Å². The maximum atomic E-state index is 4.99. The smallest absolute Gasteiger partial charge is 0.741 e. The minimum atomic E-state index is 0. The number of rotatable bonds is 4. The Hall–Kier alpha value is -0.761. The molecule has 0 aromatic rings. The molecule has 0 rings (SSSR count). The normalized spacial score (nSPS) is 13.4. The van der Waals surface area contributed by atoms with Crippen molar-refractivity contribution in [3.63, 3.8) is 0 Å². The van der Waals surface area contributed by atoms with Crippen LogP contribution in [0.2, 0.25) is 0 Å². The van der Waals surface area contributed by atoms with E-state index in [9.17, 15) is 0 Å². The van der Waals surface area contributed by atoms with E-state index in [1.54, 1.807) is 23.9 Å². The first-order valence-electron chi connectivity index (χ1n) is 5.32. The van der Waals surface area contributed by atoms with Gasteiger partial charge in [-0.3, -0.25) is 0 Å². The molecule has 0 fully saturated rings. The molecule has 0 saturated heterocycles. The van der Waals surface area contributed by atoms with Gasteiger partial charge in [0.25, 0.3) is 0 Å². The SMILES string of the molecule is CCC(/C=N\N=C(/[S-])N(C)C)=N/N=C(\[S-])N(C)C.[Cu+2]. The van der Waals surface area contributed by atoms with E-state index in [-0.39, 0.29) is 17.1 Å². The second kappa shape index (κ2) is 11.1. The molecule has 0 N–H and O–H groups in total. The maximum absolute atomic E-state index is 4.99. The summed E-state index contributed by atoms with van der Waals surface area (Å²) in [5, 5.41) is 16.4. The van der Waals surface area contributed by atoms with Crippen LogP contribution in [0.4, 0.5) is 0 Å². The fourth-order valence-electron chi connectivity index (χ4n) is 0.619. The van der Waals surface area contributed by atoms with E-state index in [1.807, 2.05) is 21.0 Å². The Bertz CT molecular complexity index is 376. The first kappa shape index (κ1) is 20.6. The van der Waals surface area contributed by atoms with Gasteiger partial charge in [0.05, 0.1) is 11.9 Å². The molecule has 0 aromatic carbocycles. The fraction of sp³-hybridized carbons (Fsp3) is 0.600. The van der Waals surface area contributed by atoms with E-state index in [4.69, 9.17) is 25.3 Å². The second-order valence-electron chi connectivity index (χ2n) is 3.74. The van der Waals surface area contributed by atoms with Crippen LogP contribution in [0.25, 0.3) is 0 Å². The van der Waals surface area contributed by atoms with E-state index in [2.05, 4.69) is 20.4 Å². The minimum Gasteiger partial charge on any atom is -0.741 e. The molecule has 0 aromatic heterocycles. The molecule has 0 bridgehead atoms. The Morgan fingerprint density at radius 2 is 1.42 bits per heavy atom. The topological polar surface area (TPSA) is 55.9 Å². The summed E-state index contributed by atoms with van der Waals surface area (Å²) < 4.78 is 0. The fourth-order valence-corrected chi connectivity index (χ4v) is 0.707. The molecule has 0 aliphatic heterocycles. The molecule has 19 heavy (non-hydrogen) atoms. The quantitative estimate of drug-likeness (QED) is 0.246. The van der Waals surface area contributed by atoms with Crippen LogP contribution < -0.4 is 0 Å². The van der Waals surface area contributed by atoms with Crippen molar-refractivity contribution in [2.75, 3.05) is 28.2 Å². The zero-order chi connectivity index (χ0) is 14.1. The molecule has 0 unspecified atom stereocenters. The zero-order valence-corrected chi connectivity index (χ0v) is 14.2. The molecule has 0 spiro atoms. The van der Waals surface area contributed by atoms with Crippen molar-refractivity contribution in [1.82, 2.24) is 9.80 Å². The summed E-state index contributed by atoms with van der Waals surface area (Å²) in [7, 11) is 7.24. The van der Waals surface area contributed by atoms with Crippen molar-refractivity contribution in [1.29, 1.82) is 0 Å². The molecule has 1 radical (unpaired) electrons. The maximum Gasteiger partial charge on any atom is 2.00 e. The van der Waals surface area contributed by atoms with Crippen LogP contribution in [0, 0.1) is 0 Å². The van der Waals surface area contributed by atoms with Gasteiger partial charge in [0.2, 0.25) is 0 Å². The summed E-state index contributed by atoms with van der Waals surface area (Å²) in [4.78, 5) is 3.40. The van der Waals surface area contributed by atoms with Crippen molar-refractivity contribution in [3.05, 3.63) is 0 Å². The number of amidine groups is 2. The Kier molecular flexibility index (Phi) is 12.0. The third kappa shape index (κ3) is 9.77. The average molecular weight is 350 g/mol. The van der Waals surface area contributed by atoms with Crippen LogP contribution in [0.15, 0.2) is 20.4 Å². The Balaban J connectivity index is 0. The molecule has 0 aliphatic rings. The van der Waals surface area contributed by atoms with E-state index in [1.165, 1.54) is 6.21 Å². The van der Waals surface area contributed by atoms with Gasteiger partial charge in [-0.25, -0.2) is 0 Å². The van der Waals surface area contributed by atoms with Crippen molar-refractivity contribution >= 4 is 47.5 Å². The minimum absolute atomic E-state index is 0. The number of hydrogen-bond acceptors (Lipinski definition) is 6. The van der Waals surface area contributed by atoms with Crippen LogP contribution in [0.5, 0.6) is 0 Å². The van der Waals surface area contributed by atoms with Crippen LogP contribution >= 0.6 is 0 Å². The molecule has 9 heteroatoms. The van der Waals surface area contributed by atoms with Crippen LogP contribution in [0.3, 0.4) is 0 Å². The first-order valence-corrected chi connectivity index (χ1v) is 6.14. The molecule has 0 heterocycles. The predicted molar refractivity (Wildman–Crippen MR) is 83.2 cm³/mol. The van der Waals surface area contributed by atoms with E-state index >= 15 is 0 Å². The summed E-state index contributed by atoms with van der Waals surface area (Å²) in [5.41, 5.74) is 0.685. The summed E-state index contributed by atoms with van der Waals surface area (Å²) in [6.07, 6.45) is 2.21. The van der Waals surface area contributed by atoms with Gasteiger partial charge >= 0.3 is 17.1 Å². The standard InChI is InChI=1S/C10H20N6S2.Cu/c1-6-8(12-14-10(18)16(4)5)7-11-13-9(17)15(2)3;/h7H,6H2,1-5H3,(H,13,17)(H,14,18);/q;+2/p-2/b11-7-,12-8-;. The van der Waals surface area contributed by atoms with Crippen LogP contribution in [-0.2, 0) is 42.3 Å². The first-order chi connectivity index (χ1) is 8.38. The monoisotopic (exact) mass is 349 g/mol. The average Bonchev–Trinajstić information content (AvgIpc) is 2.32. The van der Waals surface area contributed by atoms with E-state index in [0.29, 0.717) is 22.5 Å². The molecule has 0 aliphatic carbocycles. The van der Waals surface area contributed by atoms with Crippen LogP contribution in [-0.4, -0.2) is 60.3 Å². The van der Waals surface area contributed by atoms with Gasteiger partial charge in [-0.1, -0.05) is 6.92 Å². The van der Waals surface area contributed by atoms with Gasteiger partial charge in [-0.15, -0.1) is 0 Å². The Labute approximate surface area is 136 Å².